The highest BCUT2D eigenvalue weighted by atomic mass is 16.7. The van der Waals surface area contributed by atoms with Crippen molar-refractivity contribution in [2.75, 3.05) is 48.0 Å². The molecule has 0 aromatic carbocycles. The maximum absolute atomic E-state index is 15.2. The number of aromatic amines is 1. The van der Waals surface area contributed by atoms with Crippen molar-refractivity contribution in [2.45, 2.75) is 237 Å². The van der Waals surface area contributed by atoms with Crippen molar-refractivity contribution in [3.8, 4) is 0 Å². The molecule has 5 saturated heterocycles. The van der Waals surface area contributed by atoms with Gasteiger partial charge in [0.1, 0.15) is 36.4 Å². The lowest BCUT2D eigenvalue weighted by Crippen LogP contribution is -2.61. The van der Waals surface area contributed by atoms with E-state index in [0.717, 1.165) is 0 Å². The molecule has 456 valence electrons. The Balaban J connectivity index is 1.21. The number of ether oxygens (including phenoxy) is 9. The largest absolute Gasteiger partial charge is 0.458 e. The summed E-state index contributed by atoms with van der Waals surface area (Å²) in [6.45, 7) is 19.6. The number of amides is 3. The average Bonchev–Trinajstić information content (AvgIpc) is 4.06. The van der Waals surface area contributed by atoms with Gasteiger partial charge in [-0.1, -0.05) is 40.5 Å². The Labute approximate surface area is 470 Å². The summed E-state index contributed by atoms with van der Waals surface area (Å²) in [5, 5.41) is 38.7. The number of carbonyl (C=O) groups is 4. The molecule has 6 heterocycles. The number of carbonyl (C=O) groups excluding carboxylic acids is 4. The second-order valence-electron chi connectivity index (χ2n) is 24.1. The van der Waals surface area contributed by atoms with Crippen LogP contribution in [0.25, 0.3) is 0 Å². The topological polar surface area (TPSA) is 297 Å². The molecule has 6 N–H and O–H groups in total. The molecule has 6 rings (SSSR count). The molecule has 5 aliphatic heterocycles. The number of methoxy groups -OCH3 is 2. The fourth-order valence-corrected chi connectivity index (χ4v) is 13.1. The Morgan fingerprint density at radius 3 is 2.20 bits per heavy atom. The molecule has 21 atom stereocenters. The molecule has 80 heavy (non-hydrogen) atoms. The number of ketones is 1. The predicted octanol–water partition coefficient (Wildman–Crippen LogP) is 3.27. The van der Waals surface area contributed by atoms with Crippen LogP contribution in [0.2, 0.25) is 0 Å². The number of unbranched alkanes of at least 4 members (excludes halogenated alkanes) is 3. The first kappa shape index (κ1) is 65.1. The monoisotopic (exact) mass is 1140 g/mol. The smallest absolute Gasteiger partial charge is 0.410 e. The van der Waals surface area contributed by atoms with E-state index in [0.29, 0.717) is 44.2 Å². The summed E-state index contributed by atoms with van der Waals surface area (Å²) in [7, 11) is 6.78. The number of nitrogens with one attached hydrogen (secondary N) is 3. The van der Waals surface area contributed by atoms with Crippen molar-refractivity contribution in [1.82, 2.24) is 30.0 Å². The Morgan fingerprint density at radius 2 is 1.56 bits per heavy atom. The van der Waals surface area contributed by atoms with Crippen molar-refractivity contribution < 1.29 is 77.1 Å². The number of rotatable bonds is 18. The summed E-state index contributed by atoms with van der Waals surface area (Å²) in [5.74, 6) is -4.21. The van der Waals surface area contributed by atoms with E-state index in [1.807, 2.05) is 53.6 Å². The van der Waals surface area contributed by atoms with Gasteiger partial charge in [-0.25, -0.2) is 14.4 Å². The summed E-state index contributed by atoms with van der Waals surface area (Å²) >= 11 is 0. The van der Waals surface area contributed by atoms with Gasteiger partial charge < -0.3 is 78.4 Å². The van der Waals surface area contributed by atoms with E-state index >= 15 is 4.79 Å². The van der Waals surface area contributed by atoms with E-state index in [1.165, 1.54) is 25.0 Å². The normalized spacial score (nSPS) is 40.3. The van der Waals surface area contributed by atoms with E-state index in [4.69, 9.17) is 42.6 Å². The molecule has 0 radical (unpaired) electrons. The maximum Gasteiger partial charge on any atom is 0.410 e. The number of aliphatic hydroxyl groups excluding tert-OH is 3. The number of Topliss-reactive ketones (excluding diaryl/α,β-unsaturated/α-hetero) is 1. The van der Waals surface area contributed by atoms with Gasteiger partial charge >= 0.3 is 23.8 Å². The molecule has 0 saturated carbocycles. The summed E-state index contributed by atoms with van der Waals surface area (Å²) in [6.07, 6.45) is -5.67. The number of cyclic esters (lactones) is 1. The molecule has 5 aliphatic rings. The molecule has 0 spiro atoms. The first-order valence-corrected chi connectivity index (χ1v) is 28.7. The van der Waals surface area contributed by atoms with Crippen LogP contribution in [-0.4, -0.2) is 203 Å². The number of aromatic nitrogens is 2. The molecule has 1 aromatic rings. The van der Waals surface area contributed by atoms with Gasteiger partial charge in [-0.3, -0.25) is 23.9 Å². The van der Waals surface area contributed by atoms with Crippen LogP contribution >= 0.6 is 0 Å². The minimum absolute atomic E-state index is 0.0949. The van der Waals surface area contributed by atoms with E-state index < -0.39 is 150 Å². The third kappa shape index (κ3) is 14.1. The number of aliphatic hydroxyl groups is 3. The van der Waals surface area contributed by atoms with Crippen molar-refractivity contribution in [3.63, 3.8) is 0 Å². The molecular formula is C56H94N6O18. The fourth-order valence-electron chi connectivity index (χ4n) is 13.1. The van der Waals surface area contributed by atoms with Crippen molar-refractivity contribution in [2.24, 2.45) is 23.7 Å². The summed E-state index contributed by atoms with van der Waals surface area (Å²) in [4.78, 5) is 87.6. The van der Waals surface area contributed by atoms with Crippen LogP contribution in [0.3, 0.4) is 0 Å². The summed E-state index contributed by atoms with van der Waals surface area (Å²) in [5.41, 5.74) is -4.74. The lowest BCUT2D eigenvalue weighted by Gasteiger charge is -2.50. The van der Waals surface area contributed by atoms with Crippen LogP contribution in [-0.2, 0) is 52.2 Å². The number of aryl methyl sites for hydroxylation is 1. The SMILES string of the molecule is CCC1OC(=O)[C@H](C)C(O[C@H]2C[C@@](C)(OC)[C@@H](O)[C@H](C)O2)[C@H](C)[C@@H](O[C@@H]2O[C@H](C)C[C@H](N(C)C)[C@H]2O)[C@](C)(OC)C[C@@H](C)C(=O)[C@H](C)[C@H]2N(CCCCCCNC(=O)N[C@H]3C[C@H](n4cc(C)c(=O)[nH]c4=O)O[C@@H]3CO)C(=O)O[C@]12C. The highest BCUT2D eigenvalue weighted by molar-refractivity contribution is 5.85. The van der Waals surface area contributed by atoms with Gasteiger partial charge in [-0.15, -0.1) is 0 Å². The number of esters is 1. The maximum atomic E-state index is 15.2. The standard InChI is InChI=1S/C56H94N6O18/c1-16-39-56(11)45(61(53(71)80-56)22-20-18-17-19-21-57-51(69)58-36-24-40(76-38(36)28-63)62-27-30(3)48(67)59-52(62)70)32(5)42(64)29(2)25-55(10,73-15)47(79-50-43(65)37(60(12)13)23-31(4)74-50)33(6)44(34(7)49(68)77-39)78-41-26-54(9,72-14)46(66)35(8)75-41/h27,29,31-41,43-47,50,63,65-66H,16-26,28H2,1-15H3,(H2,57,58,69)(H,59,67,70)/t29-,31-,32+,33+,34-,35+,36+,37+,38-,39?,40-,41+,43-,44?,45-,46+,47-,50+,54-,55-,56-/m1/s1. The third-order valence-electron chi connectivity index (χ3n) is 17.9. The van der Waals surface area contributed by atoms with Gasteiger partial charge in [0, 0.05) is 75.7 Å². The van der Waals surface area contributed by atoms with Crippen LogP contribution < -0.4 is 21.9 Å². The Hall–Kier alpha value is -4.08. The van der Waals surface area contributed by atoms with Gasteiger partial charge in [0.15, 0.2) is 18.2 Å². The highest BCUT2D eigenvalue weighted by Crippen LogP contribution is 2.45. The Kier molecular flexibility index (Phi) is 22.0. The second kappa shape index (κ2) is 27.1. The molecule has 24 heteroatoms. The minimum Gasteiger partial charge on any atom is -0.458 e. The number of urea groups is 1. The second-order valence-corrected chi connectivity index (χ2v) is 24.1. The van der Waals surface area contributed by atoms with Gasteiger partial charge in [-0.05, 0) is 94.7 Å². The Bertz CT molecular complexity index is 2390. The zero-order chi connectivity index (χ0) is 59.3. The summed E-state index contributed by atoms with van der Waals surface area (Å²) < 4.78 is 58.7. The third-order valence-corrected chi connectivity index (χ3v) is 17.9. The molecule has 24 nitrogen and oxygen atoms in total. The molecule has 3 amide bonds. The highest BCUT2D eigenvalue weighted by Gasteiger charge is 2.61. The summed E-state index contributed by atoms with van der Waals surface area (Å²) in [6, 6.07) is -2.30. The van der Waals surface area contributed by atoms with Crippen molar-refractivity contribution in [1.29, 1.82) is 0 Å². The first-order chi connectivity index (χ1) is 37.6. The number of hydrogen-bond donors (Lipinski definition) is 6. The number of hydrogen-bond acceptors (Lipinski definition) is 19. The molecule has 0 bridgehead atoms. The first-order valence-electron chi connectivity index (χ1n) is 28.7. The minimum atomic E-state index is -1.49. The fraction of sp³-hybridized carbons (Fsp3) is 0.857. The van der Waals surface area contributed by atoms with Crippen LogP contribution in [0.4, 0.5) is 9.59 Å². The number of likely N-dealkylation sites (N-methyl/N-ethyl adjacent to an activating group) is 1. The lowest BCUT2D eigenvalue weighted by molar-refractivity contribution is -0.319. The zero-order valence-electron chi connectivity index (χ0n) is 49.8. The van der Waals surface area contributed by atoms with Crippen molar-refractivity contribution >= 4 is 23.9 Å². The predicted molar refractivity (Wildman–Crippen MR) is 290 cm³/mol. The molecule has 2 unspecified atom stereocenters. The van der Waals surface area contributed by atoms with E-state index in [9.17, 15) is 39.3 Å². The molecular weight excluding hydrogens is 1040 g/mol. The number of H-pyrrole nitrogens is 1. The average molecular weight is 1140 g/mol. The molecule has 1 aromatic heterocycles. The van der Waals surface area contributed by atoms with Gasteiger partial charge in [-0.2, -0.15) is 0 Å². The van der Waals surface area contributed by atoms with Crippen LogP contribution in [0.1, 0.15) is 139 Å². The van der Waals surface area contributed by atoms with Gasteiger partial charge in [0.2, 0.25) is 0 Å². The van der Waals surface area contributed by atoms with Crippen LogP contribution in [0.5, 0.6) is 0 Å². The van der Waals surface area contributed by atoms with E-state index in [-0.39, 0.29) is 50.2 Å². The molecule has 0 aliphatic carbocycles. The van der Waals surface area contributed by atoms with E-state index in [2.05, 4.69) is 15.6 Å². The molecule has 5 fully saturated rings. The number of nitrogens with zero attached hydrogens (tertiary/aromatic N) is 3. The van der Waals surface area contributed by atoms with Crippen LogP contribution in [0.15, 0.2) is 15.8 Å². The van der Waals surface area contributed by atoms with Gasteiger partial charge in [0.05, 0.1) is 60.2 Å². The lowest BCUT2D eigenvalue weighted by atomic mass is 9.73. The number of fused-ring (bicyclic) bond motifs is 1. The quantitative estimate of drug-likeness (QED) is 0.0908. The van der Waals surface area contributed by atoms with E-state index in [1.54, 1.807) is 46.4 Å². The zero-order valence-corrected chi connectivity index (χ0v) is 49.8. The van der Waals surface area contributed by atoms with Crippen LogP contribution in [0, 0.1) is 30.6 Å². The van der Waals surface area contributed by atoms with Crippen molar-refractivity contribution in [3.05, 3.63) is 32.6 Å². The Morgan fingerprint density at radius 1 is 0.887 bits per heavy atom. The van der Waals surface area contributed by atoms with Gasteiger partial charge in [0.25, 0.3) is 5.56 Å².